The van der Waals surface area contributed by atoms with Crippen LogP contribution in [0.25, 0.3) is 0 Å². The van der Waals surface area contributed by atoms with E-state index >= 15 is 0 Å². The molecule has 0 aromatic heterocycles. The van der Waals surface area contributed by atoms with Crippen molar-refractivity contribution in [1.29, 1.82) is 0 Å². The van der Waals surface area contributed by atoms with E-state index in [1.807, 2.05) is 0 Å². The van der Waals surface area contributed by atoms with Crippen molar-refractivity contribution in [2.45, 2.75) is 66.0 Å². The number of rotatable bonds is 4. The third-order valence-electron chi connectivity index (χ3n) is 3.86. The van der Waals surface area contributed by atoms with E-state index < -0.39 is 0 Å². The van der Waals surface area contributed by atoms with Gasteiger partial charge in [0.1, 0.15) is 0 Å². The van der Waals surface area contributed by atoms with E-state index in [4.69, 9.17) is 4.74 Å². The summed E-state index contributed by atoms with van der Waals surface area (Å²) in [4.78, 5) is 0. The van der Waals surface area contributed by atoms with Crippen LogP contribution in [0, 0.1) is 11.3 Å². The lowest BCUT2D eigenvalue weighted by Crippen LogP contribution is -2.47. The van der Waals surface area contributed by atoms with Crippen molar-refractivity contribution < 1.29 is 4.74 Å². The average molecular weight is 227 g/mol. The fraction of sp³-hybridized carbons (Fsp3) is 1.00. The number of hydrogen-bond acceptors (Lipinski definition) is 2. The highest BCUT2D eigenvalue weighted by atomic mass is 16.5. The average Bonchev–Trinajstić information content (AvgIpc) is 2.19. The molecule has 0 aromatic rings. The summed E-state index contributed by atoms with van der Waals surface area (Å²) in [7, 11) is 0. The van der Waals surface area contributed by atoms with Gasteiger partial charge in [0.25, 0.3) is 0 Å². The maximum Gasteiger partial charge on any atom is 0.0730 e. The van der Waals surface area contributed by atoms with Gasteiger partial charge >= 0.3 is 0 Å². The molecule has 0 heterocycles. The minimum Gasteiger partial charge on any atom is -0.377 e. The summed E-state index contributed by atoms with van der Waals surface area (Å²) in [5.41, 5.74) is 0.423. The van der Waals surface area contributed by atoms with Crippen molar-refractivity contribution in [2.24, 2.45) is 11.3 Å². The lowest BCUT2D eigenvalue weighted by Gasteiger charge is -2.41. The highest BCUT2D eigenvalue weighted by molar-refractivity contribution is 4.89. The Morgan fingerprint density at radius 2 is 1.88 bits per heavy atom. The Hall–Kier alpha value is -0.0800. The van der Waals surface area contributed by atoms with Gasteiger partial charge in [0, 0.05) is 12.6 Å². The first-order valence-corrected chi connectivity index (χ1v) is 6.84. The molecule has 0 aromatic carbocycles. The Bertz CT molecular complexity index is 197. The van der Waals surface area contributed by atoms with E-state index in [0.29, 0.717) is 17.6 Å². The summed E-state index contributed by atoms with van der Waals surface area (Å²) >= 11 is 0. The standard InChI is InChI=1S/C14H29NO/c1-6-15-12-9-8-11(14(3,4)5)10-13(12)16-7-2/h11-13,15H,6-10H2,1-5H3. The molecule has 1 aliphatic rings. The molecule has 0 amide bonds. The van der Waals surface area contributed by atoms with Gasteiger partial charge in [-0.05, 0) is 44.1 Å². The Labute approximate surface area is 101 Å². The predicted octanol–water partition coefficient (Wildman–Crippen LogP) is 3.22. The second-order valence-corrected chi connectivity index (χ2v) is 6.03. The lowest BCUT2D eigenvalue weighted by molar-refractivity contribution is -0.0221. The molecular weight excluding hydrogens is 198 g/mol. The van der Waals surface area contributed by atoms with Crippen LogP contribution in [0.4, 0.5) is 0 Å². The summed E-state index contributed by atoms with van der Waals surface area (Å²) in [5, 5.41) is 3.57. The lowest BCUT2D eigenvalue weighted by atomic mass is 9.70. The smallest absolute Gasteiger partial charge is 0.0730 e. The van der Waals surface area contributed by atoms with Gasteiger partial charge in [-0.1, -0.05) is 27.7 Å². The van der Waals surface area contributed by atoms with Crippen LogP contribution in [0.1, 0.15) is 53.9 Å². The fourth-order valence-corrected chi connectivity index (χ4v) is 2.81. The van der Waals surface area contributed by atoms with Crippen molar-refractivity contribution in [3.63, 3.8) is 0 Å². The molecule has 1 N–H and O–H groups in total. The first kappa shape index (κ1) is 14.0. The van der Waals surface area contributed by atoms with Crippen molar-refractivity contribution in [1.82, 2.24) is 5.32 Å². The predicted molar refractivity (Wildman–Crippen MR) is 69.7 cm³/mol. The molecule has 1 rings (SSSR count). The molecule has 0 aliphatic heterocycles. The topological polar surface area (TPSA) is 21.3 Å². The molecule has 0 saturated heterocycles. The van der Waals surface area contributed by atoms with Gasteiger partial charge in [-0.3, -0.25) is 0 Å². The van der Waals surface area contributed by atoms with Gasteiger partial charge in [0.15, 0.2) is 0 Å². The van der Waals surface area contributed by atoms with Crippen LogP contribution >= 0.6 is 0 Å². The summed E-state index contributed by atoms with van der Waals surface area (Å²) in [5.74, 6) is 0.805. The Kier molecular flexibility index (Phi) is 5.26. The molecule has 96 valence electrons. The molecule has 0 bridgehead atoms. The van der Waals surface area contributed by atoms with Gasteiger partial charge in [-0.25, -0.2) is 0 Å². The van der Waals surface area contributed by atoms with E-state index in [1.165, 1.54) is 19.3 Å². The van der Waals surface area contributed by atoms with E-state index in [0.717, 1.165) is 19.1 Å². The number of likely N-dealkylation sites (N-methyl/N-ethyl adjacent to an activating group) is 1. The number of ether oxygens (including phenoxy) is 1. The van der Waals surface area contributed by atoms with Crippen LogP contribution < -0.4 is 5.32 Å². The normalized spacial score (nSPS) is 31.7. The maximum atomic E-state index is 5.91. The Morgan fingerprint density at radius 1 is 1.19 bits per heavy atom. The second kappa shape index (κ2) is 6.02. The molecule has 1 aliphatic carbocycles. The molecule has 2 heteroatoms. The van der Waals surface area contributed by atoms with E-state index in [9.17, 15) is 0 Å². The first-order chi connectivity index (χ1) is 7.49. The number of hydrogen-bond donors (Lipinski definition) is 1. The zero-order chi connectivity index (χ0) is 12.2. The van der Waals surface area contributed by atoms with Gasteiger partial charge in [0.05, 0.1) is 6.10 Å². The summed E-state index contributed by atoms with van der Waals surface area (Å²) < 4.78 is 5.91. The van der Waals surface area contributed by atoms with Gasteiger partial charge < -0.3 is 10.1 Å². The largest absolute Gasteiger partial charge is 0.377 e. The van der Waals surface area contributed by atoms with Crippen molar-refractivity contribution >= 4 is 0 Å². The molecule has 2 nitrogen and oxygen atoms in total. The van der Waals surface area contributed by atoms with Crippen LogP contribution in [-0.2, 0) is 4.74 Å². The Morgan fingerprint density at radius 3 is 2.38 bits per heavy atom. The molecule has 0 spiro atoms. The monoisotopic (exact) mass is 227 g/mol. The highest BCUT2D eigenvalue weighted by Crippen LogP contribution is 2.38. The minimum atomic E-state index is 0.419. The molecule has 3 unspecified atom stereocenters. The van der Waals surface area contributed by atoms with Crippen LogP contribution in [0.2, 0.25) is 0 Å². The zero-order valence-electron chi connectivity index (χ0n) is 11.7. The van der Waals surface area contributed by atoms with E-state index in [1.54, 1.807) is 0 Å². The second-order valence-electron chi connectivity index (χ2n) is 6.03. The third-order valence-corrected chi connectivity index (χ3v) is 3.86. The van der Waals surface area contributed by atoms with Gasteiger partial charge in [-0.15, -0.1) is 0 Å². The molecule has 3 atom stereocenters. The molecular formula is C14H29NO. The van der Waals surface area contributed by atoms with Crippen LogP contribution in [0.15, 0.2) is 0 Å². The molecule has 0 radical (unpaired) electrons. The quantitative estimate of drug-likeness (QED) is 0.796. The third kappa shape index (κ3) is 3.74. The SMILES string of the molecule is CCNC1CCC(C(C)(C)C)CC1OCC. The maximum absolute atomic E-state index is 5.91. The zero-order valence-corrected chi connectivity index (χ0v) is 11.7. The summed E-state index contributed by atoms with van der Waals surface area (Å²) in [6.45, 7) is 13.2. The number of nitrogens with one attached hydrogen (secondary N) is 1. The molecule has 1 fully saturated rings. The van der Waals surface area contributed by atoms with E-state index in [-0.39, 0.29) is 0 Å². The van der Waals surface area contributed by atoms with Crippen molar-refractivity contribution in [2.75, 3.05) is 13.2 Å². The van der Waals surface area contributed by atoms with Crippen LogP contribution in [0.5, 0.6) is 0 Å². The molecule has 1 saturated carbocycles. The first-order valence-electron chi connectivity index (χ1n) is 6.84. The van der Waals surface area contributed by atoms with Crippen molar-refractivity contribution in [3.8, 4) is 0 Å². The summed E-state index contributed by atoms with van der Waals surface area (Å²) in [6.07, 6.45) is 4.24. The van der Waals surface area contributed by atoms with Crippen LogP contribution in [-0.4, -0.2) is 25.3 Å². The van der Waals surface area contributed by atoms with Gasteiger partial charge in [-0.2, -0.15) is 0 Å². The van der Waals surface area contributed by atoms with E-state index in [2.05, 4.69) is 39.9 Å². The fourth-order valence-electron chi connectivity index (χ4n) is 2.81. The minimum absolute atomic E-state index is 0.419. The van der Waals surface area contributed by atoms with Crippen molar-refractivity contribution in [3.05, 3.63) is 0 Å². The molecule has 16 heavy (non-hydrogen) atoms. The van der Waals surface area contributed by atoms with Gasteiger partial charge in [0.2, 0.25) is 0 Å². The summed E-state index contributed by atoms with van der Waals surface area (Å²) in [6, 6.07) is 0.573. The van der Waals surface area contributed by atoms with Crippen LogP contribution in [0.3, 0.4) is 0 Å². The highest BCUT2D eigenvalue weighted by Gasteiger charge is 2.35. The Balaban J connectivity index is 2.57.